The van der Waals surface area contributed by atoms with E-state index in [4.69, 9.17) is 9.47 Å². The maximum absolute atomic E-state index is 13.0. The lowest BCUT2D eigenvalue weighted by molar-refractivity contribution is -0.151. The maximum Gasteiger partial charge on any atom is 0.341 e. The van der Waals surface area contributed by atoms with E-state index in [1.807, 2.05) is 19.9 Å². The van der Waals surface area contributed by atoms with Crippen LogP contribution in [-0.4, -0.2) is 56.6 Å². The molecule has 1 fully saturated rings. The van der Waals surface area contributed by atoms with Gasteiger partial charge in [0.05, 0.1) is 28.4 Å². The third-order valence-electron chi connectivity index (χ3n) is 5.39. The Morgan fingerprint density at radius 2 is 1.73 bits per heavy atom. The zero-order valence-corrected chi connectivity index (χ0v) is 20.3. The molecule has 0 aromatic heterocycles. The molecule has 1 saturated heterocycles. The first-order valence-electron chi connectivity index (χ1n) is 10.8. The Kier molecular flexibility index (Phi) is 7.44. The van der Waals surface area contributed by atoms with Gasteiger partial charge in [-0.05, 0) is 63.9 Å². The summed E-state index contributed by atoms with van der Waals surface area (Å²) in [7, 11) is -3.94. The van der Waals surface area contributed by atoms with E-state index in [2.05, 4.69) is 4.72 Å². The highest BCUT2D eigenvalue weighted by molar-refractivity contribution is 7.92. The van der Waals surface area contributed by atoms with Gasteiger partial charge in [-0.25, -0.2) is 13.2 Å². The summed E-state index contributed by atoms with van der Waals surface area (Å²) in [5.74, 6) is -1.11. The smallest absolute Gasteiger partial charge is 0.341 e. The van der Waals surface area contributed by atoms with Crippen molar-refractivity contribution in [2.45, 2.75) is 57.8 Å². The van der Waals surface area contributed by atoms with E-state index in [0.29, 0.717) is 18.7 Å². The highest BCUT2D eigenvalue weighted by atomic mass is 32.2. The number of anilines is 1. The van der Waals surface area contributed by atoms with Gasteiger partial charge >= 0.3 is 5.97 Å². The van der Waals surface area contributed by atoms with Crippen LogP contribution in [0.25, 0.3) is 0 Å². The van der Waals surface area contributed by atoms with Crippen LogP contribution in [0.2, 0.25) is 0 Å². The summed E-state index contributed by atoms with van der Waals surface area (Å²) < 4.78 is 39.6. The number of nitrogens with zero attached hydrogens (tertiary/aromatic N) is 1. The zero-order chi connectivity index (χ0) is 24.3. The van der Waals surface area contributed by atoms with Crippen molar-refractivity contribution in [3.8, 4) is 0 Å². The van der Waals surface area contributed by atoms with Crippen molar-refractivity contribution >= 4 is 27.6 Å². The molecule has 8 nitrogen and oxygen atoms in total. The van der Waals surface area contributed by atoms with Crippen LogP contribution in [0.5, 0.6) is 0 Å². The Bertz CT molecular complexity index is 1140. The molecule has 0 aliphatic carbocycles. The SMILES string of the molecule is Cc1ccc(C)c(S(=O)(=O)Nc2ccccc2C(=O)O[C@H](C)C(=O)N2C[C@@H](C)O[C@@H](C)C2)c1. The maximum atomic E-state index is 13.0. The number of esters is 1. The van der Waals surface area contributed by atoms with Gasteiger partial charge in [0.1, 0.15) is 0 Å². The fraction of sp³-hybridized carbons (Fsp3) is 0.417. The Morgan fingerprint density at radius 3 is 2.39 bits per heavy atom. The average Bonchev–Trinajstić information content (AvgIpc) is 2.74. The van der Waals surface area contributed by atoms with E-state index in [1.165, 1.54) is 19.1 Å². The number of amides is 1. The van der Waals surface area contributed by atoms with Crippen molar-refractivity contribution < 1.29 is 27.5 Å². The van der Waals surface area contributed by atoms with Gasteiger partial charge in [0.15, 0.2) is 6.10 Å². The molecule has 0 bridgehead atoms. The van der Waals surface area contributed by atoms with Gasteiger partial charge in [0, 0.05) is 13.1 Å². The van der Waals surface area contributed by atoms with Crippen molar-refractivity contribution in [3.05, 3.63) is 59.2 Å². The summed E-state index contributed by atoms with van der Waals surface area (Å²) in [5.41, 5.74) is 1.49. The molecule has 1 aliphatic heterocycles. The number of carbonyl (C=O) groups is 2. The van der Waals surface area contributed by atoms with Crippen molar-refractivity contribution in [1.82, 2.24) is 4.90 Å². The van der Waals surface area contributed by atoms with Crippen molar-refractivity contribution in [2.24, 2.45) is 0 Å². The predicted octanol–water partition coefficient (Wildman–Crippen LogP) is 3.29. The first kappa shape index (κ1) is 24.7. The number of aryl methyl sites for hydroxylation is 2. The molecule has 1 N–H and O–H groups in total. The Labute approximate surface area is 194 Å². The average molecular weight is 475 g/mol. The first-order valence-corrected chi connectivity index (χ1v) is 12.3. The molecule has 0 saturated carbocycles. The van der Waals surface area contributed by atoms with E-state index in [1.54, 1.807) is 43.0 Å². The molecule has 1 amide bonds. The second-order valence-electron chi connectivity index (χ2n) is 8.47. The number of para-hydroxylation sites is 1. The van der Waals surface area contributed by atoms with Crippen LogP contribution in [0.1, 0.15) is 42.3 Å². The number of carbonyl (C=O) groups excluding carboxylic acids is 2. The van der Waals surface area contributed by atoms with E-state index >= 15 is 0 Å². The fourth-order valence-corrected chi connectivity index (χ4v) is 5.25. The van der Waals surface area contributed by atoms with Crippen LogP contribution < -0.4 is 4.72 Å². The molecule has 0 spiro atoms. The minimum atomic E-state index is -3.94. The Balaban J connectivity index is 1.77. The highest BCUT2D eigenvalue weighted by Gasteiger charge is 2.31. The number of sulfonamides is 1. The van der Waals surface area contributed by atoms with E-state index < -0.39 is 22.1 Å². The van der Waals surface area contributed by atoms with Crippen molar-refractivity contribution in [1.29, 1.82) is 0 Å². The van der Waals surface area contributed by atoms with E-state index in [9.17, 15) is 18.0 Å². The summed E-state index contributed by atoms with van der Waals surface area (Å²) >= 11 is 0. The standard InChI is InChI=1S/C24H30N2O6S/c1-15-10-11-16(2)22(12-15)33(29,30)25-21-9-7-6-8-20(21)24(28)32-19(5)23(27)26-13-17(3)31-18(4)14-26/h6-12,17-19,25H,13-14H2,1-5H3/t17-,18+,19-/m1/s1. The normalized spacial score (nSPS) is 19.6. The van der Waals surface area contributed by atoms with Crippen LogP contribution in [-0.2, 0) is 24.3 Å². The van der Waals surface area contributed by atoms with Crippen molar-refractivity contribution in [3.63, 3.8) is 0 Å². The van der Waals surface area contributed by atoms with Crippen LogP contribution in [0.4, 0.5) is 5.69 Å². The van der Waals surface area contributed by atoms with Crippen LogP contribution in [0, 0.1) is 13.8 Å². The number of rotatable bonds is 6. The molecular weight excluding hydrogens is 444 g/mol. The second-order valence-corrected chi connectivity index (χ2v) is 10.1. The largest absolute Gasteiger partial charge is 0.449 e. The number of nitrogens with one attached hydrogen (secondary N) is 1. The lowest BCUT2D eigenvalue weighted by Gasteiger charge is -2.36. The molecule has 9 heteroatoms. The summed E-state index contributed by atoms with van der Waals surface area (Å²) in [6, 6.07) is 11.3. The number of ether oxygens (including phenoxy) is 2. The molecule has 0 unspecified atom stereocenters. The molecule has 2 aromatic rings. The molecule has 0 radical (unpaired) electrons. The van der Waals surface area contributed by atoms with Crippen LogP contribution in [0.3, 0.4) is 0 Å². The van der Waals surface area contributed by atoms with Crippen LogP contribution in [0.15, 0.2) is 47.4 Å². The van der Waals surface area contributed by atoms with Gasteiger partial charge in [0.2, 0.25) is 0 Å². The lowest BCUT2D eigenvalue weighted by atomic mass is 10.2. The molecular formula is C24H30N2O6S. The highest BCUT2D eigenvalue weighted by Crippen LogP contribution is 2.24. The Hall–Kier alpha value is -2.91. The van der Waals surface area contributed by atoms with E-state index in [0.717, 1.165) is 5.56 Å². The number of benzene rings is 2. The van der Waals surface area contributed by atoms with Crippen molar-refractivity contribution in [2.75, 3.05) is 17.8 Å². The minimum absolute atomic E-state index is 0.0229. The summed E-state index contributed by atoms with van der Waals surface area (Å²) in [4.78, 5) is 27.4. The summed E-state index contributed by atoms with van der Waals surface area (Å²) in [6.07, 6.45) is -1.25. The van der Waals surface area contributed by atoms with E-state index in [-0.39, 0.29) is 34.3 Å². The molecule has 1 heterocycles. The Morgan fingerprint density at radius 1 is 1.09 bits per heavy atom. The molecule has 2 aromatic carbocycles. The number of hydrogen-bond donors (Lipinski definition) is 1. The number of hydrogen-bond acceptors (Lipinski definition) is 6. The fourth-order valence-electron chi connectivity index (χ4n) is 3.84. The number of morpholine rings is 1. The monoisotopic (exact) mass is 474 g/mol. The molecule has 3 rings (SSSR count). The quantitative estimate of drug-likeness (QED) is 0.645. The topological polar surface area (TPSA) is 102 Å². The first-order chi connectivity index (χ1) is 15.5. The lowest BCUT2D eigenvalue weighted by Crippen LogP contribution is -2.51. The summed E-state index contributed by atoms with van der Waals surface area (Å²) in [6.45, 7) is 9.60. The molecule has 1 aliphatic rings. The zero-order valence-electron chi connectivity index (χ0n) is 19.5. The van der Waals surface area contributed by atoms with Gasteiger partial charge in [0.25, 0.3) is 15.9 Å². The molecule has 178 valence electrons. The predicted molar refractivity (Wildman–Crippen MR) is 125 cm³/mol. The van der Waals surface area contributed by atoms with Gasteiger partial charge in [-0.1, -0.05) is 24.3 Å². The van der Waals surface area contributed by atoms with Gasteiger partial charge in [-0.3, -0.25) is 9.52 Å². The summed E-state index contributed by atoms with van der Waals surface area (Å²) in [5, 5.41) is 0. The molecule has 3 atom stereocenters. The van der Waals surface area contributed by atoms with Crippen LogP contribution >= 0.6 is 0 Å². The van der Waals surface area contributed by atoms with Gasteiger partial charge in [-0.15, -0.1) is 0 Å². The third kappa shape index (κ3) is 5.91. The second kappa shape index (κ2) is 9.93. The molecule has 33 heavy (non-hydrogen) atoms. The van der Waals surface area contributed by atoms with Gasteiger partial charge < -0.3 is 14.4 Å². The third-order valence-corrected chi connectivity index (χ3v) is 6.89. The minimum Gasteiger partial charge on any atom is -0.449 e. The van der Waals surface area contributed by atoms with Gasteiger partial charge in [-0.2, -0.15) is 0 Å².